The van der Waals surface area contributed by atoms with Crippen molar-refractivity contribution < 1.29 is 19.0 Å². The van der Waals surface area contributed by atoms with E-state index in [0.29, 0.717) is 54.2 Å². The standard InChI is InChI=1S/C19H20ClNO4/c1-21(8-11-23-16-5-2-4-15(20)13-16)19(22)14-6-7-17-18(12-14)25-10-3-9-24-17/h2,4-7,12-13H,3,8-11H2,1H3. The third kappa shape index (κ3) is 4.57. The van der Waals surface area contributed by atoms with E-state index in [2.05, 4.69) is 0 Å². The molecule has 1 aliphatic rings. The normalized spacial score (nSPS) is 13.0. The van der Waals surface area contributed by atoms with E-state index in [4.69, 9.17) is 25.8 Å². The van der Waals surface area contributed by atoms with E-state index in [1.807, 2.05) is 12.1 Å². The van der Waals surface area contributed by atoms with Gasteiger partial charge in [-0.3, -0.25) is 4.79 Å². The highest BCUT2D eigenvalue weighted by molar-refractivity contribution is 6.30. The van der Waals surface area contributed by atoms with Crippen LogP contribution in [0, 0.1) is 0 Å². The Balaban J connectivity index is 1.57. The van der Waals surface area contributed by atoms with E-state index in [9.17, 15) is 4.79 Å². The van der Waals surface area contributed by atoms with Crippen LogP contribution in [0.25, 0.3) is 0 Å². The quantitative estimate of drug-likeness (QED) is 0.815. The second-order valence-corrected chi connectivity index (χ2v) is 6.18. The lowest BCUT2D eigenvalue weighted by molar-refractivity contribution is 0.0773. The largest absolute Gasteiger partial charge is 0.492 e. The molecule has 0 bridgehead atoms. The van der Waals surface area contributed by atoms with Crippen LogP contribution in [0.15, 0.2) is 42.5 Å². The molecule has 0 aliphatic carbocycles. The van der Waals surface area contributed by atoms with Gasteiger partial charge in [0.15, 0.2) is 11.5 Å². The van der Waals surface area contributed by atoms with Crippen molar-refractivity contribution in [1.29, 1.82) is 0 Å². The molecule has 0 fully saturated rings. The molecule has 25 heavy (non-hydrogen) atoms. The Morgan fingerprint density at radius 1 is 1.16 bits per heavy atom. The molecule has 0 unspecified atom stereocenters. The fraction of sp³-hybridized carbons (Fsp3) is 0.316. The molecule has 1 heterocycles. The van der Waals surface area contributed by atoms with E-state index in [1.54, 1.807) is 42.3 Å². The van der Waals surface area contributed by atoms with Crippen molar-refractivity contribution in [2.24, 2.45) is 0 Å². The highest BCUT2D eigenvalue weighted by Crippen LogP contribution is 2.30. The van der Waals surface area contributed by atoms with Crippen molar-refractivity contribution in [3.8, 4) is 17.2 Å². The van der Waals surface area contributed by atoms with Gasteiger partial charge in [0.25, 0.3) is 5.91 Å². The molecule has 0 N–H and O–H groups in total. The van der Waals surface area contributed by atoms with Crippen molar-refractivity contribution >= 4 is 17.5 Å². The van der Waals surface area contributed by atoms with Crippen LogP contribution in [-0.2, 0) is 0 Å². The highest BCUT2D eigenvalue weighted by atomic mass is 35.5. The summed E-state index contributed by atoms with van der Waals surface area (Å²) in [7, 11) is 1.74. The Bertz CT molecular complexity index is 750. The zero-order valence-corrected chi connectivity index (χ0v) is 14.8. The zero-order valence-electron chi connectivity index (χ0n) is 14.0. The number of likely N-dealkylation sites (N-methyl/N-ethyl adjacent to an activating group) is 1. The summed E-state index contributed by atoms with van der Waals surface area (Å²) in [4.78, 5) is 14.2. The van der Waals surface area contributed by atoms with Gasteiger partial charge < -0.3 is 19.1 Å². The third-order valence-corrected chi connectivity index (χ3v) is 4.07. The van der Waals surface area contributed by atoms with Gasteiger partial charge in [0.05, 0.1) is 19.8 Å². The topological polar surface area (TPSA) is 48.0 Å². The second kappa shape index (κ2) is 8.12. The second-order valence-electron chi connectivity index (χ2n) is 5.74. The minimum absolute atomic E-state index is 0.0923. The number of carbonyl (C=O) groups excluding carboxylic acids is 1. The van der Waals surface area contributed by atoms with E-state index in [-0.39, 0.29) is 5.91 Å². The van der Waals surface area contributed by atoms with Crippen LogP contribution in [0.4, 0.5) is 0 Å². The van der Waals surface area contributed by atoms with E-state index in [1.165, 1.54) is 0 Å². The van der Waals surface area contributed by atoms with Gasteiger partial charge in [-0.15, -0.1) is 0 Å². The minimum atomic E-state index is -0.0923. The summed E-state index contributed by atoms with van der Waals surface area (Å²) in [6, 6.07) is 12.5. The SMILES string of the molecule is CN(CCOc1cccc(Cl)c1)C(=O)c1ccc2c(c1)OCCCO2. The molecule has 6 heteroatoms. The molecule has 2 aromatic rings. The summed E-state index contributed by atoms with van der Waals surface area (Å²) in [5.74, 6) is 1.89. The number of ether oxygens (including phenoxy) is 3. The van der Waals surface area contributed by atoms with E-state index >= 15 is 0 Å². The molecule has 5 nitrogen and oxygen atoms in total. The molecular weight excluding hydrogens is 342 g/mol. The monoisotopic (exact) mass is 361 g/mol. The van der Waals surface area contributed by atoms with E-state index < -0.39 is 0 Å². The maximum Gasteiger partial charge on any atom is 0.253 e. The van der Waals surface area contributed by atoms with Crippen LogP contribution in [0.5, 0.6) is 17.2 Å². The van der Waals surface area contributed by atoms with Gasteiger partial charge in [0.1, 0.15) is 12.4 Å². The summed E-state index contributed by atoms with van der Waals surface area (Å²) >= 11 is 5.92. The lowest BCUT2D eigenvalue weighted by Crippen LogP contribution is -2.30. The number of rotatable bonds is 5. The number of fused-ring (bicyclic) bond motifs is 1. The fourth-order valence-corrected chi connectivity index (χ4v) is 2.66. The summed E-state index contributed by atoms with van der Waals surface area (Å²) in [5, 5.41) is 0.620. The maximum absolute atomic E-state index is 12.6. The van der Waals surface area contributed by atoms with Crippen molar-refractivity contribution in [3.05, 3.63) is 53.1 Å². The Hall–Kier alpha value is -2.40. The lowest BCUT2D eigenvalue weighted by atomic mass is 10.2. The number of benzene rings is 2. The molecule has 0 atom stereocenters. The first-order chi connectivity index (χ1) is 12.1. The van der Waals surface area contributed by atoms with Crippen LogP contribution in [0.1, 0.15) is 16.8 Å². The number of halogens is 1. The van der Waals surface area contributed by atoms with Gasteiger partial charge >= 0.3 is 0 Å². The molecular formula is C19H20ClNO4. The molecule has 1 amide bonds. The summed E-state index contributed by atoms with van der Waals surface area (Å²) in [6.07, 6.45) is 0.832. The van der Waals surface area contributed by atoms with Crippen LogP contribution in [0.2, 0.25) is 5.02 Å². The zero-order chi connectivity index (χ0) is 17.6. The molecule has 0 aromatic heterocycles. The predicted octanol–water partition coefficient (Wildman–Crippen LogP) is 3.65. The van der Waals surface area contributed by atoms with Crippen molar-refractivity contribution in [2.45, 2.75) is 6.42 Å². The molecule has 0 spiro atoms. The van der Waals surface area contributed by atoms with Crippen LogP contribution in [0.3, 0.4) is 0 Å². The first-order valence-electron chi connectivity index (χ1n) is 8.17. The highest BCUT2D eigenvalue weighted by Gasteiger charge is 2.16. The van der Waals surface area contributed by atoms with Gasteiger partial charge in [-0.25, -0.2) is 0 Å². The number of carbonyl (C=O) groups is 1. The Morgan fingerprint density at radius 2 is 1.96 bits per heavy atom. The summed E-state index contributed by atoms with van der Waals surface area (Å²) in [5.41, 5.74) is 0.564. The number of amides is 1. The first kappa shape index (κ1) is 17.4. The summed E-state index contributed by atoms with van der Waals surface area (Å²) < 4.78 is 16.9. The van der Waals surface area contributed by atoms with Gasteiger partial charge in [-0.1, -0.05) is 17.7 Å². The fourth-order valence-electron chi connectivity index (χ4n) is 2.48. The average Bonchev–Trinajstić information content (AvgIpc) is 2.85. The molecule has 1 aliphatic heterocycles. The Kier molecular flexibility index (Phi) is 5.66. The van der Waals surface area contributed by atoms with Crippen molar-refractivity contribution in [3.63, 3.8) is 0 Å². The lowest BCUT2D eigenvalue weighted by Gasteiger charge is -2.18. The molecule has 132 valence electrons. The molecule has 0 saturated heterocycles. The van der Waals surface area contributed by atoms with Gasteiger partial charge in [-0.05, 0) is 36.4 Å². The molecule has 0 radical (unpaired) electrons. The maximum atomic E-state index is 12.6. The smallest absolute Gasteiger partial charge is 0.253 e. The molecule has 0 saturated carbocycles. The van der Waals surface area contributed by atoms with Gasteiger partial charge in [0.2, 0.25) is 0 Å². The van der Waals surface area contributed by atoms with Gasteiger partial charge in [-0.2, -0.15) is 0 Å². The molecule has 2 aromatic carbocycles. The van der Waals surface area contributed by atoms with Crippen LogP contribution in [-0.4, -0.2) is 44.2 Å². The third-order valence-electron chi connectivity index (χ3n) is 3.83. The Labute approximate surface area is 152 Å². The number of hydrogen-bond acceptors (Lipinski definition) is 4. The van der Waals surface area contributed by atoms with Crippen LogP contribution >= 0.6 is 11.6 Å². The van der Waals surface area contributed by atoms with Crippen LogP contribution < -0.4 is 14.2 Å². The van der Waals surface area contributed by atoms with E-state index in [0.717, 1.165) is 6.42 Å². The first-order valence-corrected chi connectivity index (χ1v) is 8.55. The summed E-state index contributed by atoms with van der Waals surface area (Å²) in [6.45, 7) is 2.06. The molecule has 3 rings (SSSR count). The van der Waals surface area contributed by atoms with Gasteiger partial charge in [0, 0.05) is 24.1 Å². The average molecular weight is 362 g/mol. The number of nitrogens with zero attached hydrogens (tertiary/aromatic N) is 1. The Morgan fingerprint density at radius 3 is 2.76 bits per heavy atom. The predicted molar refractivity (Wildman–Crippen MR) is 96.0 cm³/mol. The minimum Gasteiger partial charge on any atom is -0.492 e. The van der Waals surface area contributed by atoms with Crippen molar-refractivity contribution in [1.82, 2.24) is 4.90 Å². The van der Waals surface area contributed by atoms with Crippen molar-refractivity contribution in [2.75, 3.05) is 33.4 Å². The number of hydrogen-bond donors (Lipinski definition) is 0.